The second kappa shape index (κ2) is 8.52. The maximum atomic E-state index is 13.0. The number of para-hydroxylation sites is 1. The molecule has 1 saturated heterocycles. The first-order valence-electron chi connectivity index (χ1n) is 9.27. The normalized spacial score (nSPS) is 15.7. The molecule has 0 bridgehead atoms. The van der Waals surface area contributed by atoms with E-state index >= 15 is 0 Å². The number of carbonyl (C=O) groups excluding carboxylic acids is 3. The van der Waals surface area contributed by atoms with Crippen LogP contribution in [0.3, 0.4) is 0 Å². The van der Waals surface area contributed by atoms with Crippen molar-refractivity contribution >= 4 is 29.6 Å². The van der Waals surface area contributed by atoms with Crippen LogP contribution in [0.1, 0.15) is 31.4 Å². The van der Waals surface area contributed by atoms with Crippen LogP contribution in [0.25, 0.3) is 6.08 Å². The number of nitrogens with zero attached hydrogens (tertiary/aromatic N) is 1. The molecule has 2 aromatic rings. The third-order valence-corrected chi connectivity index (χ3v) is 4.38. The first-order chi connectivity index (χ1) is 13.5. The van der Waals surface area contributed by atoms with Gasteiger partial charge in [0.05, 0.1) is 12.3 Å². The third kappa shape index (κ3) is 3.96. The molecule has 4 amide bonds. The Morgan fingerprint density at radius 3 is 2.39 bits per heavy atom. The van der Waals surface area contributed by atoms with E-state index < -0.39 is 17.8 Å². The van der Waals surface area contributed by atoms with Gasteiger partial charge in [-0.2, -0.15) is 0 Å². The molecule has 144 valence electrons. The van der Waals surface area contributed by atoms with Crippen LogP contribution in [0.15, 0.2) is 54.1 Å². The molecule has 28 heavy (non-hydrogen) atoms. The molecule has 0 atom stereocenters. The molecule has 1 fully saturated rings. The summed E-state index contributed by atoms with van der Waals surface area (Å²) in [4.78, 5) is 38.6. The van der Waals surface area contributed by atoms with Crippen LogP contribution in [0.5, 0.6) is 5.75 Å². The van der Waals surface area contributed by atoms with Crippen molar-refractivity contribution in [2.75, 3.05) is 11.5 Å². The van der Waals surface area contributed by atoms with Gasteiger partial charge >= 0.3 is 6.03 Å². The quantitative estimate of drug-likeness (QED) is 0.614. The van der Waals surface area contributed by atoms with Gasteiger partial charge in [-0.05, 0) is 48.2 Å². The van der Waals surface area contributed by atoms with Crippen LogP contribution >= 0.6 is 0 Å². The number of urea groups is 1. The topological polar surface area (TPSA) is 75.7 Å². The number of benzene rings is 2. The predicted octanol–water partition coefficient (Wildman–Crippen LogP) is 3.70. The Hall–Kier alpha value is -3.41. The van der Waals surface area contributed by atoms with Gasteiger partial charge in [-0.25, -0.2) is 9.69 Å². The Kier molecular flexibility index (Phi) is 5.89. The second-order valence-electron chi connectivity index (χ2n) is 6.36. The summed E-state index contributed by atoms with van der Waals surface area (Å²) < 4.78 is 5.54. The molecule has 2 aromatic carbocycles. The van der Waals surface area contributed by atoms with Crippen molar-refractivity contribution in [2.45, 2.75) is 26.7 Å². The van der Waals surface area contributed by atoms with Gasteiger partial charge in [-0.15, -0.1) is 0 Å². The van der Waals surface area contributed by atoms with Crippen molar-refractivity contribution in [1.82, 2.24) is 5.32 Å². The molecule has 1 heterocycles. The Bertz CT molecular complexity index is 932. The standard InChI is InChI=1S/C22H22N2O4/c1-3-13-28-17-11-9-15(10-12-17)14-18-20(25)23-22(27)24(21(18)26)19-8-6-5-7-16(19)4-2/h5-12,14H,3-4,13H2,1-2H3,(H,23,25,27)/b18-14-. The minimum Gasteiger partial charge on any atom is -0.494 e. The zero-order chi connectivity index (χ0) is 20.1. The molecular formula is C22H22N2O4. The fraction of sp³-hybridized carbons (Fsp3) is 0.227. The van der Waals surface area contributed by atoms with Crippen molar-refractivity contribution < 1.29 is 19.1 Å². The molecule has 1 N–H and O–H groups in total. The largest absolute Gasteiger partial charge is 0.494 e. The number of aryl methyl sites for hydroxylation is 1. The van der Waals surface area contributed by atoms with Crippen LogP contribution < -0.4 is 15.0 Å². The summed E-state index contributed by atoms with van der Waals surface area (Å²) in [5, 5.41) is 2.25. The summed E-state index contributed by atoms with van der Waals surface area (Å²) in [6, 6.07) is 13.5. The van der Waals surface area contributed by atoms with E-state index in [0.717, 1.165) is 22.6 Å². The van der Waals surface area contributed by atoms with Crippen LogP contribution in [0, 0.1) is 0 Å². The number of rotatable bonds is 6. The number of carbonyl (C=O) groups is 3. The number of hydrogen-bond donors (Lipinski definition) is 1. The highest BCUT2D eigenvalue weighted by molar-refractivity contribution is 6.39. The Morgan fingerprint density at radius 1 is 1.00 bits per heavy atom. The molecule has 1 aliphatic rings. The first-order valence-corrected chi connectivity index (χ1v) is 9.27. The van der Waals surface area contributed by atoms with Gasteiger partial charge in [-0.1, -0.05) is 44.2 Å². The lowest BCUT2D eigenvalue weighted by molar-refractivity contribution is -0.122. The average Bonchev–Trinajstić information content (AvgIpc) is 2.70. The van der Waals surface area contributed by atoms with Crippen molar-refractivity contribution in [3.8, 4) is 5.75 Å². The summed E-state index contributed by atoms with van der Waals surface area (Å²) in [7, 11) is 0. The summed E-state index contributed by atoms with van der Waals surface area (Å²) in [6.45, 7) is 4.58. The fourth-order valence-electron chi connectivity index (χ4n) is 2.95. The molecule has 0 spiro atoms. The van der Waals surface area contributed by atoms with Gasteiger partial charge in [0.1, 0.15) is 11.3 Å². The van der Waals surface area contributed by atoms with Gasteiger partial charge in [0.2, 0.25) is 0 Å². The third-order valence-electron chi connectivity index (χ3n) is 4.38. The SMILES string of the molecule is CCCOc1ccc(/C=C2/C(=O)NC(=O)N(c3ccccc3CC)C2=O)cc1. The molecule has 6 nitrogen and oxygen atoms in total. The smallest absolute Gasteiger partial charge is 0.335 e. The predicted molar refractivity (Wildman–Crippen MR) is 107 cm³/mol. The minimum absolute atomic E-state index is 0.0901. The van der Waals surface area contributed by atoms with E-state index in [0.29, 0.717) is 24.3 Å². The van der Waals surface area contributed by atoms with Gasteiger partial charge in [0.25, 0.3) is 11.8 Å². The summed E-state index contributed by atoms with van der Waals surface area (Å²) in [5.74, 6) is -0.621. The zero-order valence-electron chi connectivity index (χ0n) is 15.9. The molecule has 6 heteroatoms. The lowest BCUT2D eigenvalue weighted by Crippen LogP contribution is -2.54. The maximum Gasteiger partial charge on any atom is 0.335 e. The minimum atomic E-state index is -0.739. The van der Waals surface area contributed by atoms with E-state index in [4.69, 9.17) is 4.74 Å². The van der Waals surface area contributed by atoms with E-state index in [1.54, 1.807) is 36.4 Å². The highest BCUT2D eigenvalue weighted by Gasteiger charge is 2.37. The van der Waals surface area contributed by atoms with Gasteiger partial charge in [-0.3, -0.25) is 14.9 Å². The molecule has 0 saturated carbocycles. The van der Waals surface area contributed by atoms with E-state index in [1.807, 2.05) is 26.0 Å². The highest BCUT2D eigenvalue weighted by Crippen LogP contribution is 2.26. The Labute approximate surface area is 163 Å². The fourth-order valence-corrected chi connectivity index (χ4v) is 2.95. The molecule has 0 aromatic heterocycles. The van der Waals surface area contributed by atoms with E-state index in [2.05, 4.69) is 5.32 Å². The van der Waals surface area contributed by atoms with Crippen LogP contribution in [-0.2, 0) is 16.0 Å². The molecule has 0 aliphatic carbocycles. The van der Waals surface area contributed by atoms with Crippen molar-refractivity contribution in [3.63, 3.8) is 0 Å². The highest BCUT2D eigenvalue weighted by atomic mass is 16.5. The van der Waals surface area contributed by atoms with Crippen molar-refractivity contribution in [3.05, 3.63) is 65.2 Å². The maximum absolute atomic E-state index is 13.0. The first kappa shape index (κ1) is 19.4. The Balaban J connectivity index is 1.92. The lowest BCUT2D eigenvalue weighted by atomic mass is 10.0. The molecule has 0 radical (unpaired) electrons. The number of amides is 4. The molecular weight excluding hydrogens is 356 g/mol. The van der Waals surface area contributed by atoms with E-state index in [9.17, 15) is 14.4 Å². The monoisotopic (exact) mass is 378 g/mol. The lowest BCUT2D eigenvalue weighted by Gasteiger charge is -2.27. The number of ether oxygens (including phenoxy) is 1. The van der Waals surface area contributed by atoms with Crippen molar-refractivity contribution in [1.29, 1.82) is 0 Å². The van der Waals surface area contributed by atoms with Crippen molar-refractivity contribution in [2.24, 2.45) is 0 Å². The summed E-state index contributed by atoms with van der Waals surface area (Å²) in [6.07, 6.45) is 3.04. The van der Waals surface area contributed by atoms with Crippen LogP contribution in [-0.4, -0.2) is 24.5 Å². The number of imide groups is 2. The van der Waals surface area contributed by atoms with Crippen LogP contribution in [0.2, 0.25) is 0 Å². The summed E-state index contributed by atoms with van der Waals surface area (Å²) in [5.41, 5.74) is 1.90. The Morgan fingerprint density at radius 2 is 1.71 bits per heavy atom. The van der Waals surface area contributed by atoms with Gasteiger partial charge in [0.15, 0.2) is 0 Å². The summed E-state index contributed by atoms with van der Waals surface area (Å²) >= 11 is 0. The van der Waals surface area contributed by atoms with E-state index in [-0.39, 0.29) is 5.57 Å². The molecule has 3 rings (SSSR count). The number of barbiturate groups is 1. The van der Waals surface area contributed by atoms with Crippen LogP contribution in [0.4, 0.5) is 10.5 Å². The average molecular weight is 378 g/mol. The number of nitrogens with one attached hydrogen (secondary N) is 1. The second-order valence-corrected chi connectivity index (χ2v) is 6.36. The molecule has 1 aliphatic heterocycles. The zero-order valence-corrected chi connectivity index (χ0v) is 15.9. The van der Waals surface area contributed by atoms with E-state index in [1.165, 1.54) is 6.08 Å². The molecule has 0 unspecified atom stereocenters. The number of hydrogen-bond acceptors (Lipinski definition) is 4. The van der Waals surface area contributed by atoms with Gasteiger partial charge in [0, 0.05) is 0 Å². The van der Waals surface area contributed by atoms with Gasteiger partial charge < -0.3 is 4.74 Å². The number of anilines is 1.